The summed E-state index contributed by atoms with van der Waals surface area (Å²) in [6.07, 6.45) is 0. The molecule has 55 heavy (non-hydrogen) atoms. The maximum Gasteiger partial charge on any atom is 0.143 e. The summed E-state index contributed by atoms with van der Waals surface area (Å²) in [6, 6.07) is 67.3. The van der Waals surface area contributed by atoms with E-state index in [1.807, 2.05) is 0 Å². The standard InChI is InChI=1S/C54H30O/c1-2-6-40-30-48-47(29-39(40)5-1)53-42(27-28-46(54(53)55-48)43-24-20-38-18-16-34-8-4-10-36-22-26-45(43)52(38)50(34)36)32-13-11-31(12-14-32)41-23-19-37-17-15-33-7-3-9-35-21-25-44(41)51(37)49(33)35/h1-30H. The third kappa shape index (κ3) is 4.02. The Kier molecular flexibility index (Phi) is 5.69. The van der Waals surface area contributed by atoms with Gasteiger partial charge in [-0.1, -0.05) is 164 Å². The fraction of sp³-hybridized carbons (Fsp3) is 0. The van der Waals surface area contributed by atoms with E-state index in [1.165, 1.54) is 103 Å². The van der Waals surface area contributed by atoms with Crippen LogP contribution in [0.25, 0.3) is 131 Å². The Balaban J connectivity index is 1.03. The van der Waals surface area contributed by atoms with Gasteiger partial charge in [0.1, 0.15) is 11.2 Å². The largest absolute Gasteiger partial charge is 0.455 e. The summed E-state index contributed by atoms with van der Waals surface area (Å²) in [5, 5.41) is 20.2. The van der Waals surface area contributed by atoms with E-state index in [9.17, 15) is 0 Å². The predicted octanol–water partition coefficient (Wildman–Crippen LogP) is 15.5. The van der Waals surface area contributed by atoms with Crippen molar-refractivity contribution in [2.75, 3.05) is 0 Å². The summed E-state index contributed by atoms with van der Waals surface area (Å²) in [6.45, 7) is 0. The number of hydrogen-bond acceptors (Lipinski definition) is 1. The normalized spacial score (nSPS) is 12.4. The molecule has 1 heteroatoms. The topological polar surface area (TPSA) is 13.1 Å². The first kappa shape index (κ1) is 29.3. The average molecular weight is 695 g/mol. The lowest BCUT2D eigenvalue weighted by Crippen LogP contribution is -1.89. The van der Waals surface area contributed by atoms with Gasteiger partial charge in [-0.2, -0.15) is 0 Å². The minimum absolute atomic E-state index is 0.908. The van der Waals surface area contributed by atoms with Crippen LogP contribution in [0.5, 0.6) is 0 Å². The van der Waals surface area contributed by atoms with Crippen LogP contribution >= 0.6 is 0 Å². The molecule has 0 saturated carbocycles. The molecular formula is C54H30O. The molecule has 1 aromatic heterocycles. The highest BCUT2D eigenvalue weighted by atomic mass is 16.3. The van der Waals surface area contributed by atoms with Crippen LogP contribution in [0.3, 0.4) is 0 Å². The molecule has 0 radical (unpaired) electrons. The van der Waals surface area contributed by atoms with Gasteiger partial charge in [0, 0.05) is 16.3 Å². The molecule has 1 heterocycles. The minimum atomic E-state index is 0.908. The van der Waals surface area contributed by atoms with Gasteiger partial charge in [-0.25, -0.2) is 0 Å². The quantitative estimate of drug-likeness (QED) is 0.168. The van der Waals surface area contributed by atoms with Gasteiger partial charge in [0.2, 0.25) is 0 Å². The van der Waals surface area contributed by atoms with Crippen LogP contribution in [-0.4, -0.2) is 0 Å². The zero-order valence-corrected chi connectivity index (χ0v) is 29.7. The van der Waals surface area contributed by atoms with E-state index in [0.29, 0.717) is 0 Å². The minimum Gasteiger partial charge on any atom is -0.455 e. The van der Waals surface area contributed by atoms with Crippen LogP contribution in [0.1, 0.15) is 0 Å². The van der Waals surface area contributed by atoms with E-state index < -0.39 is 0 Å². The van der Waals surface area contributed by atoms with E-state index >= 15 is 0 Å². The van der Waals surface area contributed by atoms with E-state index in [2.05, 4.69) is 182 Å². The van der Waals surface area contributed by atoms with E-state index in [4.69, 9.17) is 4.42 Å². The van der Waals surface area contributed by atoms with E-state index in [0.717, 1.165) is 27.5 Å². The highest BCUT2D eigenvalue weighted by Gasteiger charge is 2.21. The summed E-state index contributed by atoms with van der Waals surface area (Å²) in [5.41, 5.74) is 8.95. The summed E-state index contributed by atoms with van der Waals surface area (Å²) < 4.78 is 7.00. The Bertz CT molecular complexity index is 3660. The second-order valence-electron chi connectivity index (χ2n) is 15.2. The van der Waals surface area contributed by atoms with Gasteiger partial charge >= 0.3 is 0 Å². The Morgan fingerprint density at radius 1 is 0.255 bits per heavy atom. The second-order valence-corrected chi connectivity index (χ2v) is 15.2. The van der Waals surface area contributed by atoms with Crippen LogP contribution in [0, 0.1) is 0 Å². The van der Waals surface area contributed by atoms with Crippen molar-refractivity contribution in [2.24, 2.45) is 0 Å². The van der Waals surface area contributed by atoms with Crippen molar-refractivity contribution in [2.45, 2.75) is 0 Å². The molecule has 0 atom stereocenters. The molecule has 0 aliphatic heterocycles. The third-order valence-corrected chi connectivity index (χ3v) is 12.3. The van der Waals surface area contributed by atoms with Gasteiger partial charge in [0.25, 0.3) is 0 Å². The fourth-order valence-electron chi connectivity index (χ4n) is 9.80. The molecule has 0 saturated heterocycles. The first-order valence-electron chi connectivity index (χ1n) is 19.1. The van der Waals surface area contributed by atoms with Gasteiger partial charge in [-0.15, -0.1) is 0 Å². The Morgan fingerprint density at radius 3 is 1.31 bits per heavy atom. The summed E-state index contributed by atoms with van der Waals surface area (Å²) >= 11 is 0. The Morgan fingerprint density at radius 2 is 0.691 bits per heavy atom. The number of rotatable bonds is 3. The number of benzene rings is 12. The number of furan rings is 1. The highest BCUT2D eigenvalue weighted by Crippen LogP contribution is 2.47. The van der Waals surface area contributed by atoms with Crippen molar-refractivity contribution in [3.05, 3.63) is 182 Å². The third-order valence-electron chi connectivity index (χ3n) is 12.3. The van der Waals surface area contributed by atoms with Gasteiger partial charge in [0.15, 0.2) is 0 Å². The zero-order chi connectivity index (χ0) is 35.8. The lowest BCUT2D eigenvalue weighted by molar-refractivity contribution is 0.670. The lowest BCUT2D eigenvalue weighted by atomic mass is 9.88. The van der Waals surface area contributed by atoms with Crippen LogP contribution in [0.4, 0.5) is 0 Å². The van der Waals surface area contributed by atoms with Crippen molar-refractivity contribution in [3.8, 4) is 33.4 Å². The number of hydrogen-bond donors (Lipinski definition) is 0. The molecule has 0 aliphatic rings. The molecular weight excluding hydrogens is 665 g/mol. The summed E-state index contributed by atoms with van der Waals surface area (Å²) in [4.78, 5) is 0. The SMILES string of the molecule is c1ccc2cc3c(cc2c1)oc1c(-c2ccc4ccc5cccc6ccc2c4c56)ccc(-c2ccc(-c4ccc5ccc6cccc7ccc4c5c67)cc2)c13. The highest BCUT2D eigenvalue weighted by molar-refractivity contribution is 6.28. The van der Waals surface area contributed by atoms with Crippen molar-refractivity contribution in [1.82, 2.24) is 0 Å². The van der Waals surface area contributed by atoms with Crippen LogP contribution in [0.15, 0.2) is 186 Å². The zero-order valence-electron chi connectivity index (χ0n) is 29.7. The molecule has 0 unspecified atom stereocenters. The van der Waals surface area contributed by atoms with Gasteiger partial charge in [-0.3, -0.25) is 0 Å². The number of fused-ring (bicyclic) bond motifs is 4. The molecule has 252 valence electrons. The Hall–Kier alpha value is -7.22. The molecule has 12 aromatic carbocycles. The van der Waals surface area contributed by atoms with Crippen molar-refractivity contribution >= 4 is 97.3 Å². The maximum absolute atomic E-state index is 7.00. The van der Waals surface area contributed by atoms with Gasteiger partial charge in [0.05, 0.1) is 0 Å². The first-order chi connectivity index (χ1) is 27.2. The molecule has 13 aromatic rings. The smallest absolute Gasteiger partial charge is 0.143 e. The molecule has 0 amide bonds. The second kappa shape index (κ2) is 10.7. The van der Waals surface area contributed by atoms with Crippen molar-refractivity contribution in [3.63, 3.8) is 0 Å². The molecule has 0 bridgehead atoms. The summed E-state index contributed by atoms with van der Waals surface area (Å²) in [7, 11) is 0. The molecule has 0 spiro atoms. The molecule has 0 fully saturated rings. The van der Waals surface area contributed by atoms with E-state index in [-0.39, 0.29) is 0 Å². The molecule has 13 rings (SSSR count). The first-order valence-corrected chi connectivity index (χ1v) is 19.1. The fourth-order valence-corrected chi connectivity index (χ4v) is 9.80. The van der Waals surface area contributed by atoms with Crippen molar-refractivity contribution in [1.29, 1.82) is 0 Å². The molecule has 0 aliphatic carbocycles. The van der Waals surface area contributed by atoms with Crippen LogP contribution < -0.4 is 0 Å². The Labute approximate surface area is 315 Å². The predicted molar refractivity (Wildman–Crippen MR) is 235 cm³/mol. The summed E-state index contributed by atoms with van der Waals surface area (Å²) in [5.74, 6) is 0. The maximum atomic E-state index is 7.00. The van der Waals surface area contributed by atoms with Gasteiger partial charge in [-0.05, 0) is 121 Å². The molecule has 1 nitrogen and oxygen atoms in total. The van der Waals surface area contributed by atoms with E-state index in [1.54, 1.807) is 0 Å². The monoisotopic (exact) mass is 694 g/mol. The average Bonchev–Trinajstić information content (AvgIpc) is 3.62. The molecule has 0 N–H and O–H groups in total. The van der Waals surface area contributed by atoms with Crippen molar-refractivity contribution < 1.29 is 4.42 Å². The van der Waals surface area contributed by atoms with Gasteiger partial charge < -0.3 is 4.42 Å². The lowest BCUT2D eigenvalue weighted by Gasteiger charge is -2.15. The van der Waals surface area contributed by atoms with Crippen LogP contribution in [0.2, 0.25) is 0 Å². The van der Waals surface area contributed by atoms with Crippen LogP contribution in [-0.2, 0) is 0 Å².